The zero-order valence-electron chi connectivity index (χ0n) is 16.2. The second-order valence-corrected chi connectivity index (χ2v) is 12.2. The third-order valence-electron chi connectivity index (χ3n) is 5.87. The molecule has 0 aliphatic carbocycles. The minimum atomic E-state index is -3.70. The summed E-state index contributed by atoms with van der Waals surface area (Å²) < 4.78 is 51.1. The van der Waals surface area contributed by atoms with E-state index in [1.807, 2.05) is 18.2 Å². The standard InChI is InChI=1S/C21H26N2O4S2/c24-28(25)16-20(21(17-28)29(26,27)19-9-5-2-6-10-19)23-13-11-22(12-14-23)15-18-7-3-1-4-8-18/h1-10,20-21H,11-17H2. The van der Waals surface area contributed by atoms with Crippen molar-refractivity contribution in [3.05, 3.63) is 66.2 Å². The van der Waals surface area contributed by atoms with Crippen LogP contribution in [0.2, 0.25) is 0 Å². The molecular formula is C21H26N2O4S2. The Morgan fingerprint density at radius 2 is 1.41 bits per heavy atom. The maximum Gasteiger partial charge on any atom is 0.183 e. The van der Waals surface area contributed by atoms with Gasteiger partial charge in [0.25, 0.3) is 0 Å². The van der Waals surface area contributed by atoms with E-state index in [1.165, 1.54) is 5.56 Å². The van der Waals surface area contributed by atoms with E-state index in [9.17, 15) is 16.8 Å². The summed E-state index contributed by atoms with van der Waals surface area (Å²) in [5.41, 5.74) is 1.24. The summed E-state index contributed by atoms with van der Waals surface area (Å²) in [4.78, 5) is 4.60. The molecule has 2 saturated heterocycles. The molecule has 29 heavy (non-hydrogen) atoms. The number of hydrogen-bond acceptors (Lipinski definition) is 6. The van der Waals surface area contributed by atoms with Gasteiger partial charge in [-0.15, -0.1) is 0 Å². The van der Waals surface area contributed by atoms with Crippen LogP contribution < -0.4 is 0 Å². The van der Waals surface area contributed by atoms with Gasteiger partial charge in [-0.05, 0) is 17.7 Å². The smallest absolute Gasteiger partial charge is 0.183 e. The van der Waals surface area contributed by atoms with Gasteiger partial charge in [0.1, 0.15) is 0 Å². The Morgan fingerprint density at radius 1 is 0.828 bits per heavy atom. The third kappa shape index (κ3) is 4.55. The predicted octanol–water partition coefficient (Wildman–Crippen LogP) is 1.44. The lowest BCUT2D eigenvalue weighted by molar-refractivity contribution is 0.101. The molecule has 0 bridgehead atoms. The molecule has 4 rings (SSSR count). The van der Waals surface area contributed by atoms with E-state index in [0.29, 0.717) is 13.1 Å². The molecule has 0 aromatic heterocycles. The molecule has 2 aliphatic rings. The Labute approximate surface area is 173 Å². The van der Waals surface area contributed by atoms with Crippen molar-refractivity contribution in [2.75, 3.05) is 37.7 Å². The molecule has 0 amide bonds. The van der Waals surface area contributed by atoms with E-state index in [0.717, 1.165) is 19.6 Å². The summed E-state index contributed by atoms with van der Waals surface area (Å²) in [5, 5.41) is -0.907. The van der Waals surface area contributed by atoms with E-state index in [2.05, 4.69) is 21.9 Å². The summed E-state index contributed by atoms with van der Waals surface area (Å²) >= 11 is 0. The van der Waals surface area contributed by atoms with Crippen LogP contribution in [0.15, 0.2) is 65.6 Å². The first-order valence-electron chi connectivity index (χ1n) is 9.85. The van der Waals surface area contributed by atoms with Crippen molar-refractivity contribution in [2.24, 2.45) is 0 Å². The number of sulfone groups is 2. The first-order chi connectivity index (χ1) is 13.9. The molecule has 2 unspecified atom stereocenters. The van der Waals surface area contributed by atoms with E-state index in [1.54, 1.807) is 30.3 Å². The van der Waals surface area contributed by atoms with Crippen molar-refractivity contribution in [3.8, 4) is 0 Å². The van der Waals surface area contributed by atoms with Crippen LogP contribution in [0.25, 0.3) is 0 Å². The van der Waals surface area contributed by atoms with Gasteiger partial charge >= 0.3 is 0 Å². The fourth-order valence-electron chi connectivity index (χ4n) is 4.31. The molecule has 6 nitrogen and oxygen atoms in total. The van der Waals surface area contributed by atoms with Crippen molar-refractivity contribution in [1.82, 2.24) is 9.80 Å². The fourth-order valence-corrected chi connectivity index (χ4v) is 9.16. The average Bonchev–Trinajstić information content (AvgIpc) is 3.06. The zero-order valence-corrected chi connectivity index (χ0v) is 17.9. The molecule has 2 aromatic rings. The normalized spacial score (nSPS) is 25.8. The summed E-state index contributed by atoms with van der Waals surface area (Å²) in [6, 6.07) is 18.0. The van der Waals surface area contributed by atoms with Gasteiger partial charge in [0.2, 0.25) is 0 Å². The SMILES string of the molecule is O=S1(=O)CC(N2CCN(Cc3ccccc3)CC2)C(S(=O)(=O)c2ccccc2)C1. The Hall–Kier alpha value is -1.74. The van der Waals surface area contributed by atoms with E-state index < -0.39 is 31.0 Å². The molecule has 2 heterocycles. The Balaban J connectivity index is 1.48. The lowest BCUT2D eigenvalue weighted by Gasteiger charge is -2.39. The van der Waals surface area contributed by atoms with E-state index in [4.69, 9.17) is 0 Å². The van der Waals surface area contributed by atoms with Gasteiger partial charge in [0.15, 0.2) is 19.7 Å². The Morgan fingerprint density at radius 3 is 2.03 bits per heavy atom. The van der Waals surface area contributed by atoms with Crippen molar-refractivity contribution in [3.63, 3.8) is 0 Å². The molecule has 8 heteroatoms. The number of benzene rings is 2. The van der Waals surface area contributed by atoms with Crippen molar-refractivity contribution < 1.29 is 16.8 Å². The lowest BCUT2D eigenvalue weighted by Crippen LogP contribution is -2.54. The highest BCUT2D eigenvalue weighted by atomic mass is 32.2. The molecule has 2 aromatic carbocycles. The molecule has 0 spiro atoms. The zero-order chi connectivity index (χ0) is 20.5. The summed E-state index contributed by atoms with van der Waals surface area (Å²) in [5.74, 6) is -0.373. The highest BCUT2D eigenvalue weighted by Crippen LogP contribution is 2.29. The summed E-state index contributed by atoms with van der Waals surface area (Å²) in [6.07, 6.45) is 0. The number of nitrogens with zero attached hydrogens (tertiary/aromatic N) is 2. The van der Waals surface area contributed by atoms with E-state index >= 15 is 0 Å². The number of rotatable bonds is 5. The molecule has 2 fully saturated rings. The fraction of sp³-hybridized carbons (Fsp3) is 0.429. The lowest BCUT2D eigenvalue weighted by atomic mass is 10.1. The van der Waals surface area contributed by atoms with E-state index in [-0.39, 0.29) is 16.4 Å². The van der Waals surface area contributed by atoms with Gasteiger partial charge in [-0.25, -0.2) is 16.8 Å². The molecule has 0 N–H and O–H groups in total. The van der Waals surface area contributed by atoms with Crippen molar-refractivity contribution in [2.45, 2.75) is 22.7 Å². The van der Waals surface area contributed by atoms with Crippen LogP contribution in [-0.2, 0) is 26.2 Å². The Bertz CT molecular complexity index is 1030. The second-order valence-electron chi connectivity index (χ2n) is 7.84. The van der Waals surface area contributed by atoms with Gasteiger partial charge in [-0.1, -0.05) is 48.5 Å². The van der Waals surface area contributed by atoms with Crippen molar-refractivity contribution in [1.29, 1.82) is 0 Å². The third-order valence-corrected chi connectivity index (χ3v) is 10.0. The highest BCUT2D eigenvalue weighted by molar-refractivity contribution is 7.96. The predicted molar refractivity (Wildman–Crippen MR) is 113 cm³/mol. The van der Waals surface area contributed by atoms with Crippen LogP contribution in [0, 0.1) is 0 Å². The van der Waals surface area contributed by atoms with Crippen LogP contribution in [0.5, 0.6) is 0 Å². The highest BCUT2D eigenvalue weighted by Gasteiger charge is 2.48. The van der Waals surface area contributed by atoms with Gasteiger partial charge in [0, 0.05) is 38.8 Å². The first kappa shape index (κ1) is 20.5. The summed E-state index contributed by atoms with van der Waals surface area (Å²) in [6.45, 7) is 3.79. The average molecular weight is 435 g/mol. The molecular weight excluding hydrogens is 408 g/mol. The largest absolute Gasteiger partial charge is 0.297 e. The molecule has 0 saturated carbocycles. The molecule has 2 aliphatic heterocycles. The quantitative estimate of drug-likeness (QED) is 0.709. The van der Waals surface area contributed by atoms with Gasteiger partial charge in [0.05, 0.1) is 21.7 Å². The minimum absolute atomic E-state index is 0.0809. The van der Waals surface area contributed by atoms with Gasteiger partial charge in [-0.3, -0.25) is 9.80 Å². The van der Waals surface area contributed by atoms with Crippen molar-refractivity contribution >= 4 is 19.7 Å². The van der Waals surface area contributed by atoms with Gasteiger partial charge < -0.3 is 0 Å². The summed E-state index contributed by atoms with van der Waals surface area (Å²) in [7, 11) is -7.09. The number of hydrogen-bond donors (Lipinski definition) is 0. The first-order valence-corrected chi connectivity index (χ1v) is 13.2. The maximum atomic E-state index is 13.2. The van der Waals surface area contributed by atoms with Crippen LogP contribution in [0.3, 0.4) is 0 Å². The monoisotopic (exact) mass is 434 g/mol. The molecule has 0 radical (unpaired) electrons. The maximum absolute atomic E-state index is 13.2. The Kier molecular flexibility index (Phi) is 5.79. The molecule has 156 valence electrons. The second kappa shape index (κ2) is 8.18. The molecule has 2 atom stereocenters. The van der Waals surface area contributed by atoms with Crippen LogP contribution in [-0.4, -0.2) is 75.6 Å². The number of piperazine rings is 1. The van der Waals surface area contributed by atoms with Crippen LogP contribution in [0.4, 0.5) is 0 Å². The van der Waals surface area contributed by atoms with Gasteiger partial charge in [-0.2, -0.15) is 0 Å². The van der Waals surface area contributed by atoms with Crippen LogP contribution >= 0.6 is 0 Å². The van der Waals surface area contributed by atoms with Crippen LogP contribution in [0.1, 0.15) is 5.56 Å². The topological polar surface area (TPSA) is 74.8 Å². The minimum Gasteiger partial charge on any atom is -0.297 e.